The molecule has 1 aromatic heterocycles. The number of hydrogen-bond donors (Lipinski definition) is 1. The van der Waals surface area contributed by atoms with E-state index in [1.807, 2.05) is 25.1 Å². The minimum Gasteiger partial charge on any atom is -0.439 e. The van der Waals surface area contributed by atoms with Crippen LogP contribution in [-0.4, -0.2) is 9.97 Å². The molecule has 0 unspecified atom stereocenters. The quantitative estimate of drug-likeness (QED) is 0.838. The van der Waals surface area contributed by atoms with Crippen molar-refractivity contribution in [1.82, 2.24) is 9.97 Å². The first-order valence-electron chi connectivity index (χ1n) is 6.04. The van der Waals surface area contributed by atoms with Gasteiger partial charge in [-0.3, -0.25) is 0 Å². The number of benzene rings is 1. The van der Waals surface area contributed by atoms with E-state index in [9.17, 15) is 0 Å². The highest BCUT2D eigenvalue weighted by molar-refractivity contribution is 5.48. The normalized spacial score (nSPS) is 10.3. The van der Waals surface area contributed by atoms with Crippen LogP contribution in [0.4, 0.5) is 5.69 Å². The molecule has 1 heterocycles. The van der Waals surface area contributed by atoms with Gasteiger partial charge in [0, 0.05) is 23.5 Å². The fourth-order valence-electron chi connectivity index (χ4n) is 1.66. The molecule has 2 N–H and O–H groups in total. The molecule has 4 nitrogen and oxygen atoms in total. The van der Waals surface area contributed by atoms with Gasteiger partial charge in [-0.05, 0) is 25.0 Å². The van der Waals surface area contributed by atoms with E-state index in [-0.39, 0.29) is 0 Å². The van der Waals surface area contributed by atoms with E-state index >= 15 is 0 Å². The minimum absolute atomic E-state index is 0.558. The summed E-state index contributed by atoms with van der Waals surface area (Å²) in [5, 5.41) is 0. The van der Waals surface area contributed by atoms with E-state index in [0.717, 1.165) is 29.8 Å². The van der Waals surface area contributed by atoms with Gasteiger partial charge in [-0.25, -0.2) is 9.97 Å². The molecule has 18 heavy (non-hydrogen) atoms. The van der Waals surface area contributed by atoms with Gasteiger partial charge in [-0.2, -0.15) is 0 Å². The number of aryl methyl sites for hydroxylation is 2. The molecule has 0 aliphatic heterocycles. The molecule has 0 spiro atoms. The molecule has 1 aromatic carbocycles. The SMILES string of the molecule is CCCc1cc(Oc2cc(N)ccc2C)ncn1. The monoisotopic (exact) mass is 243 g/mol. The van der Waals surface area contributed by atoms with Crippen LogP contribution in [0.1, 0.15) is 24.6 Å². The molecule has 0 fully saturated rings. The zero-order valence-electron chi connectivity index (χ0n) is 10.7. The number of nitrogens with zero attached hydrogens (tertiary/aromatic N) is 2. The van der Waals surface area contributed by atoms with Crippen LogP contribution >= 0.6 is 0 Å². The van der Waals surface area contributed by atoms with E-state index in [2.05, 4.69) is 16.9 Å². The van der Waals surface area contributed by atoms with Crippen LogP contribution in [0.25, 0.3) is 0 Å². The Hall–Kier alpha value is -2.10. The van der Waals surface area contributed by atoms with E-state index < -0.39 is 0 Å². The first-order valence-corrected chi connectivity index (χ1v) is 6.04. The van der Waals surface area contributed by atoms with Gasteiger partial charge in [-0.15, -0.1) is 0 Å². The summed E-state index contributed by atoms with van der Waals surface area (Å²) in [5.41, 5.74) is 8.44. The Morgan fingerprint density at radius 2 is 2.06 bits per heavy atom. The predicted octanol–water partition coefficient (Wildman–Crippen LogP) is 3.11. The molecule has 0 saturated carbocycles. The maximum atomic E-state index is 5.75. The van der Waals surface area contributed by atoms with Gasteiger partial charge < -0.3 is 10.5 Å². The van der Waals surface area contributed by atoms with Gasteiger partial charge in [0.25, 0.3) is 0 Å². The number of rotatable bonds is 4. The second-order valence-electron chi connectivity index (χ2n) is 4.22. The highest BCUT2D eigenvalue weighted by Crippen LogP contribution is 2.25. The van der Waals surface area contributed by atoms with Gasteiger partial charge in [0.15, 0.2) is 0 Å². The van der Waals surface area contributed by atoms with Gasteiger partial charge in [0.05, 0.1) is 0 Å². The molecule has 0 bridgehead atoms. The molecule has 0 aliphatic rings. The number of hydrogen-bond acceptors (Lipinski definition) is 4. The molecule has 0 atom stereocenters. The van der Waals surface area contributed by atoms with Crippen LogP contribution < -0.4 is 10.5 Å². The Bertz CT molecular complexity index is 540. The van der Waals surface area contributed by atoms with Crippen molar-refractivity contribution < 1.29 is 4.74 Å². The third kappa shape index (κ3) is 2.97. The van der Waals surface area contributed by atoms with Crippen molar-refractivity contribution >= 4 is 5.69 Å². The largest absolute Gasteiger partial charge is 0.439 e. The predicted molar refractivity (Wildman–Crippen MR) is 71.7 cm³/mol. The Morgan fingerprint density at radius 3 is 2.83 bits per heavy atom. The Labute approximate surface area is 107 Å². The molecule has 0 radical (unpaired) electrons. The van der Waals surface area contributed by atoms with E-state index in [4.69, 9.17) is 10.5 Å². The Morgan fingerprint density at radius 1 is 1.22 bits per heavy atom. The lowest BCUT2D eigenvalue weighted by atomic mass is 10.2. The zero-order chi connectivity index (χ0) is 13.0. The maximum absolute atomic E-state index is 5.75. The van der Waals surface area contributed by atoms with Crippen LogP contribution in [-0.2, 0) is 6.42 Å². The molecular formula is C14H17N3O. The van der Waals surface area contributed by atoms with Crippen LogP contribution in [0.5, 0.6) is 11.6 Å². The minimum atomic E-state index is 0.558. The molecule has 0 amide bonds. The third-order valence-electron chi connectivity index (χ3n) is 2.63. The van der Waals surface area contributed by atoms with Gasteiger partial charge in [0.2, 0.25) is 5.88 Å². The summed E-state index contributed by atoms with van der Waals surface area (Å²) in [7, 11) is 0. The molecule has 2 rings (SSSR count). The number of nitrogen functional groups attached to an aromatic ring is 1. The number of nitrogens with two attached hydrogens (primary N) is 1. The highest BCUT2D eigenvalue weighted by Gasteiger charge is 2.04. The lowest BCUT2D eigenvalue weighted by Crippen LogP contribution is -1.96. The summed E-state index contributed by atoms with van der Waals surface area (Å²) < 4.78 is 5.75. The first-order chi connectivity index (χ1) is 8.69. The van der Waals surface area contributed by atoms with Crippen LogP contribution in [0.3, 0.4) is 0 Å². The standard InChI is InChI=1S/C14H17N3O/c1-3-4-12-8-14(17-9-16-12)18-13-7-11(15)6-5-10(13)2/h5-9H,3-4,15H2,1-2H3. The second-order valence-corrected chi connectivity index (χ2v) is 4.22. The number of ether oxygens (including phenoxy) is 1. The Balaban J connectivity index is 2.22. The van der Waals surface area contributed by atoms with E-state index in [0.29, 0.717) is 11.6 Å². The average molecular weight is 243 g/mol. The molecule has 2 aromatic rings. The van der Waals surface area contributed by atoms with Crippen molar-refractivity contribution in [2.75, 3.05) is 5.73 Å². The lowest BCUT2D eigenvalue weighted by molar-refractivity contribution is 0.457. The smallest absolute Gasteiger partial charge is 0.222 e. The van der Waals surface area contributed by atoms with Crippen LogP contribution in [0, 0.1) is 6.92 Å². The molecule has 0 aliphatic carbocycles. The summed E-state index contributed by atoms with van der Waals surface area (Å²) in [6.07, 6.45) is 3.50. The lowest BCUT2D eigenvalue weighted by Gasteiger charge is -2.09. The van der Waals surface area contributed by atoms with Crippen molar-refractivity contribution in [3.05, 3.63) is 41.9 Å². The fourth-order valence-corrected chi connectivity index (χ4v) is 1.66. The maximum Gasteiger partial charge on any atom is 0.222 e. The summed E-state index contributed by atoms with van der Waals surface area (Å²) in [6.45, 7) is 4.09. The number of aromatic nitrogens is 2. The Kier molecular flexibility index (Phi) is 3.77. The summed E-state index contributed by atoms with van der Waals surface area (Å²) in [4.78, 5) is 8.31. The summed E-state index contributed by atoms with van der Waals surface area (Å²) >= 11 is 0. The fraction of sp³-hybridized carbons (Fsp3) is 0.286. The van der Waals surface area contributed by atoms with Crippen LogP contribution in [0.15, 0.2) is 30.6 Å². The zero-order valence-corrected chi connectivity index (χ0v) is 10.7. The summed E-state index contributed by atoms with van der Waals surface area (Å²) in [6, 6.07) is 7.45. The van der Waals surface area contributed by atoms with Crippen molar-refractivity contribution in [1.29, 1.82) is 0 Å². The van der Waals surface area contributed by atoms with Crippen molar-refractivity contribution in [3.8, 4) is 11.6 Å². The van der Waals surface area contributed by atoms with Crippen molar-refractivity contribution in [2.45, 2.75) is 26.7 Å². The molecule has 4 heteroatoms. The molecule has 94 valence electrons. The topological polar surface area (TPSA) is 61.0 Å². The molecule has 0 saturated heterocycles. The van der Waals surface area contributed by atoms with Crippen LogP contribution in [0.2, 0.25) is 0 Å². The van der Waals surface area contributed by atoms with Gasteiger partial charge >= 0.3 is 0 Å². The molecular weight excluding hydrogens is 226 g/mol. The summed E-state index contributed by atoms with van der Waals surface area (Å²) in [5.74, 6) is 1.29. The highest BCUT2D eigenvalue weighted by atomic mass is 16.5. The van der Waals surface area contributed by atoms with Gasteiger partial charge in [0.1, 0.15) is 12.1 Å². The van der Waals surface area contributed by atoms with E-state index in [1.165, 1.54) is 6.33 Å². The third-order valence-corrected chi connectivity index (χ3v) is 2.63. The van der Waals surface area contributed by atoms with E-state index in [1.54, 1.807) is 6.07 Å². The van der Waals surface area contributed by atoms with Gasteiger partial charge in [-0.1, -0.05) is 19.4 Å². The first kappa shape index (κ1) is 12.4. The van der Waals surface area contributed by atoms with Crippen molar-refractivity contribution in [2.24, 2.45) is 0 Å². The average Bonchev–Trinajstić information content (AvgIpc) is 2.35. The second kappa shape index (κ2) is 5.49. The number of anilines is 1. The van der Waals surface area contributed by atoms with Crippen molar-refractivity contribution in [3.63, 3.8) is 0 Å².